The highest BCUT2D eigenvalue weighted by Crippen LogP contribution is 2.22. The number of hydrogen-bond donors (Lipinski definition) is 1. The van der Waals surface area contributed by atoms with E-state index >= 15 is 0 Å². The van der Waals surface area contributed by atoms with Crippen LogP contribution in [0.25, 0.3) is 0 Å². The molecule has 1 rings (SSSR count). The van der Waals surface area contributed by atoms with Crippen LogP contribution in [0.3, 0.4) is 0 Å². The molecule has 0 saturated carbocycles. The fourth-order valence-corrected chi connectivity index (χ4v) is 2.78. The molecule has 0 bridgehead atoms. The quantitative estimate of drug-likeness (QED) is 0.395. The molecule has 1 aromatic rings. The maximum absolute atomic E-state index is 11.1. The molecule has 0 spiro atoms. The average Bonchev–Trinajstić information content (AvgIpc) is 2.44. The van der Waals surface area contributed by atoms with Crippen LogP contribution in [0.1, 0.15) is 45.4 Å². The molecule has 0 aromatic heterocycles. The van der Waals surface area contributed by atoms with Crippen molar-refractivity contribution in [1.82, 2.24) is 0 Å². The highest BCUT2D eigenvalue weighted by molar-refractivity contribution is 7.99. The normalized spacial score (nSPS) is 10.4. The summed E-state index contributed by atoms with van der Waals surface area (Å²) in [5.74, 6) is 1.34. The minimum absolute atomic E-state index is 0.0737. The first-order valence-electron chi connectivity index (χ1n) is 7.30. The van der Waals surface area contributed by atoms with Crippen molar-refractivity contribution in [1.29, 1.82) is 0 Å². The summed E-state index contributed by atoms with van der Waals surface area (Å²) in [5, 5.41) is 9.18. The average molecular weight is 296 g/mol. The van der Waals surface area contributed by atoms with E-state index in [0.717, 1.165) is 18.6 Å². The van der Waals surface area contributed by atoms with Crippen LogP contribution in [0.5, 0.6) is 5.75 Å². The van der Waals surface area contributed by atoms with Crippen molar-refractivity contribution in [3.63, 3.8) is 0 Å². The summed E-state index contributed by atoms with van der Waals surface area (Å²) >= 11 is 1.82. The Morgan fingerprint density at radius 1 is 1.10 bits per heavy atom. The maximum atomic E-state index is 11.1. The van der Waals surface area contributed by atoms with Crippen LogP contribution >= 0.6 is 11.8 Å². The topological polar surface area (TPSA) is 46.5 Å². The fourth-order valence-electron chi connectivity index (χ4n) is 1.87. The van der Waals surface area contributed by atoms with E-state index in [0.29, 0.717) is 18.8 Å². The Hall–Kier alpha value is -1.16. The number of unbranched alkanes of at least 4 members (excludes halogenated alkanes) is 4. The van der Waals surface area contributed by atoms with Crippen LogP contribution < -0.4 is 0 Å². The van der Waals surface area contributed by atoms with Gasteiger partial charge in [-0.1, -0.05) is 19.3 Å². The van der Waals surface area contributed by atoms with Gasteiger partial charge in [0.25, 0.3) is 0 Å². The Morgan fingerprint density at radius 2 is 1.75 bits per heavy atom. The number of esters is 1. The molecule has 112 valence electrons. The van der Waals surface area contributed by atoms with Gasteiger partial charge in [0.05, 0.1) is 6.61 Å². The summed E-state index contributed by atoms with van der Waals surface area (Å²) in [6.45, 7) is 2.32. The van der Waals surface area contributed by atoms with Crippen LogP contribution in [0.15, 0.2) is 29.2 Å². The van der Waals surface area contributed by atoms with Crippen LogP contribution in [0.4, 0.5) is 0 Å². The van der Waals surface area contributed by atoms with Crippen molar-refractivity contribution in [2.45, 2.75) is 50.3 Å². The van der Waals surface area contributed by atoms with Crippen LogP contribution in [-0.2, 0) is 9.53 Å². The zero-order chi connectivity index (χ0) is 14.6. The lowest BCUT2D eigenvalue weighted by molar-refractivity contribution is -0.143. The van der Waals surface area contributed by atoms with Gasteiger partial charge in [-0.25, -0.2) is 0 Å². The number of phenols is 1. The van der Waals surface area contributed by atoms with Crippen LogP contribution in [0, 0.1) is 0 Å². The van der Waals surface area contributed by atoms with Crippen molar-refractivity contribution < 1.29 is 14.6 Å². The second-order valence-corrected chi connectivity index (χ2v) is 5.83. The van der Waals surface area contributed by atoms with E-state index in [1.165, 1.54) is 24.2 Å². The molecule has 3 nitrogen and oxygen atoms in total. The molecular weight excluding hydrogens is 272 g/mol. The zero-order valence-corrected chi connectivity index (χ0v) is 13.0. The minimum atomic E-state index is -0.0737. The van der Waals surface area contributed by atoms with Gasteiger partial charge in [-0.2, -0.15) is 0 Å². The molecule has 1 N–H and O–H groups in total. The lowest BCUT2D eigenvalue weighted by atomic mass is 10.1. The van der Waals surface area contributed by atoms with Gasteiger partial charge in [0.15, 0.2) is 0 Å². The van der Waals surface area contributed by atoms with Gasteiger partial charge < -0.3 is 9.84 Å². The van der Waals surface area contributed by atoms with Crippen molar-refractivity contribution in [2.75, 3.05) is 12.4 Å². The molecule has 0 amide bonds. The highest BCUT2D eigenvalue weighted by atomic mass is 32.2. The summed E-state index contributed by atoms with van der Waals surface area (Å²) in [5.41, 5.74) is 0. The Balaban J connectivity index is 1.92. The Morgan fingerprint density at radius 3 is 2.45 bits per heavy atom. The molecule has 0 heterocycles. The molecule has 1 aromatic carbocycles. The maximum Gasteiger partial charge on any atom is 0.305 e. The second-order valence-electron chi connectivity index (χ2n) is 4.67. The third-order valence-corrected chi connectivity index (χ3v) is 4.03. The van der Waals surface area contributed by atoms with E-state index in [1.54, 1.807) is 12.1 Å². The number of ether oxygens (including phenoxy) is 1. The van der Waals surface area contributed by atoms with E-state index in [1.807, 2.05) is 30.8 Å². The number of thioether (sulfide) groups is 1. The van der Waals surface area contributed by atoms with E-state index in [9.17, 15) is 9.90 Å². The smallest absolute Gasteiger partial charge is 0.305 e. The first-order valence-corrected chi connectivity index (χ1v) is 8.28. The summed E-state index contributed by atoms with van der Waals surface area (Å²) in [6.07, 6.45) is 6.15. The molecule has 4 heteroatoms. The molecule has 0 aliphatic heterocycles. The number of carbonyl (C=O) groups excluding carboxylic acids is 1. The van der Waals surface area contributed by atoms with Gasteiger partial charge in [-0.05, 0) is 49.8 Å². The highest BCUT2D eigenvalue weighted by Gasteiger charge is 2.00. The molecule has 0 aliphatic carbocycles. The summed E-state index contributed by atoms with van der Waals surface area (Å²) < 4.78 is 4.88. The third-order valence-electron chi connectivity index (χ3n) is 2.94. The van der Waals surface area contributed by atoms with Crippen molar-refractivity contribution in [3.05, 3.63) is 24.3 Å². The van der Waals surface area contributed by atoms with Crippen LogP contribution in [-0.4, -0.2) is 23.4 Å². The van der Waals surface area contributed by atoms with Crippen LogP contribution in [0.2, 0.25) is 0 Å². The SMILES string of the molecule is CCOC(=O)CCCCCCCSc1ccc(O)cc1. The van der Waals surface area contributed by atoms with Gasteiger partial charge in [0.2, 0.25) is 0 Å². The first kappa shape index (κ1) is 16.9. The standard InChI is InChI=1S/C16H24O3S/c1-2-19-16(18)8-6-4-3-5-7-13-20-15-11-9-14(17)10-12-15/h9-12,17H,2-8,13H2,1H3. The molecule has 0 radical (unpaired) electrons. The van der Waals surface area contributed by atoms with E-state index in [4.69, 9.17) is 4.74 Å². The van der Waals surface area contributed by atoms with E-state index < -0.39 is 0 Å². The molecule has 0 unspecified atom stereocenters. The number of rotatable bonds is 10. The molecule has 0 fully saturated rings. The minimum Gasteiger partial charge on any atom is -0.508 e. The number of phenolic OH excluding ortho intramolecular Hbond substituents is 1. The van der Waals surface area contributed by atoms with Gasteiger partial charge in [0, 0.05) is 11.3 Å². The van der Waals surface area contributed by atoms with Crippen molar-refractivity contribution in [2.24, 2.45) is 0 Å². The van der Waals surface area contributed by atoms with Gasteiger partial charge in [-0.3, -0.25) is 4.79 Å². The van der Waals surface area contributed by atoms with Gasteiger partial charge in [0.1, 0.15) is 5.75 Å². The molecular formula is C16H24O3S. The van der Waals surface area contributed by atoms with Gasteiger partial charge >= 0.3 is 5.97 Å². The lowest BCUT2D eigenvalue weighted by Crippen LogP contribution is -2.03. The van der Waals surface area contributed by atoms with E-state index in [-0.39, 0.29) is 5.97 Å². The predicted molar refractivity (Wildman–Crippen MR) is 83.2 cm³/mol. The number of hydrogen-bond acceptors (Lipinski definition) is 4. The van der Waals surface area contributed by atoms with Crippen molar-refractivity contribution >= 4 is 17.7 Å². The van der Waals surface area contributed by atoms with Crippen molar-refractivity contribution in [3.8, 4) is 5.75 Å². The fraction of sp³-hybridized carbons (Fsp3) is 0.562. The Labute approximate surface area is 125 Å². The Kier molecular flexibility index (Phi) is 8.96. The van der Waals surface area contributed by atoms with E-state index in [2.05, 4.69) is 0 Å². The van der Waals surface area contributed by atoms with Gasteiger partial charge in [-0.15, -0.1) is 11.8 Å². The monoisotopic (exact) mass is 296 g/mol. The Bertz CT molecular complexity index is 376. The number of carbonyl (C=O) groups is 1. The molecule has 20 heavy (non-hydrogen) atoms. The summed E-state index contributed by atoms with van der Waals surface area (Å²) in [7, 11) is 0. The molecule has 0 atom stereocenters. The number of benzene rings is 1. The number of aromatic hydroxyl groups is 1. The first-order chi connectivity index (χ1) is 9.72. The summed E-state index contributed by atoms with van der Waals surface area (Å²) in [4.78, 5) is 12.3. The lowest BCUT2D eigenvalue weighted by Gasteiger charge is -2.03. The molecule has 0 saturated heterocycles. The predicted octanol–water partition coefficient (Wildman–Crippen LogP) is 4.39. The molecule has 0 aliphatic rings. The zero-order valence-electron chi connectivity index (χ0n) is 12.1. The second kappa shape index (κ2) is 10.6. The largest absolute Gasteiger partial charge is 0.508 e. The third kappa shape index (κ3) is 8.10. The summed E-state index contributed by atoms with van der Waals surface area (Å²) in [6, 6.07) is 7.33.